The third kappa shape index (κ3) is 2.38. The van der Waals surface area contributed by atoms with Crippen molar-refractivity contribution >= 4 is 17.3 Å². The van der Waals surface area contributed by atoms with Crippen LogP contribution < -0.4 is 4.90 Å². The molecule has 0 amide bonds. The molecule has 4 heteroatoms. The normalized spacial score (nSPS) is 23.8. The molecule has 1 fully saturated rings. The fourth-order valence-electron chi connectivity index (χ4n) is 2.08. The van der Waals surface area contributed by atoms with E-state index in [4.69, 9.17) is 21.6 Å². The summed E-state index contributed by atoms with van der Waals surface area (Å²) in [5.74, 6) is 0. The molecule has 1 aromatic rings. The summed E-state index contributed by atoms with van der Waals surface area (Å²) in [5.41, 5.74) is 1.52. The van der Waals surface area contributed by atoms with Crippen LogP contribution in [0.25, 0.3) is 0 Å². The number of hydrogen-bond acceptors (Lipinski definition) is 3. The Morgan fingerprint density at radius 1 is 1.59 bits per heavy atom. The Kier molecular flexibility index (Phi) is 3.56. The van der Waals surface area contributed by atoms with E-state index in [1.807, 2.05) is 19.1 Å². The first-order valence-corrected chi connectivity index (χ1v) is 6.15. The van der Waals surface area contributed by atoms with E-state index in [1.165, 1.54) is 0 Å². The van der Waals surface area contributed by atoms with Gasteiger partial charge in [-0.05, 0) is 31.5 Å². The lowest BCUT2D eigenvalue weighted by Crippen LogP contribution is -2.27. The van der Waals surface area contributed by atoms with Gasteiger partial charge in [-0.1, -0.05) is 18.5 Å². The van der Waals surface area contributed by atoms with E-state index in [0.29, 0.717) is 10.6 Å². The molecule has 1 heterocycles. The van der Waals surface area contributed by atoms with Gasteiger partial charge < -0.3 is 9.64 Å². The average molecular weight is 251 g/mol. The molecule has 2 atom stereocenters. The predicted molar refractivity (Wildman–Crippen MR) is 68.1 cm³/mol. The van der Waals surface area contributed by atoms with E-state index in [0.717, 1.165) is 18.7 Å². The van der Waals surface area contributed by atoms with Crippen LogP contribution in [0.5, 0.6) is 0 Å². The molecule has 0 unspecified atom stereocenters. The van der Waals surface area contributed by atoms with Gasteiger partial charge >= 0.3 is 0 Å². The molecule has 0 spiro atoms. The number of benzene rings is 1. The molecule has 0 aromatic heterocycles. The molecule has 1 aliphatic rings. The fourth-order valence-corrected chi connectivity index (χ4v) is 2.29. The molecular weight excluding hydrogens is 236 g/mol. The van der Waals surface area contributed by atoms with Gasteiger partial charge in [0.1, 0.15) is 12.3 Å². The largest absolute Gasteiger partial charge is 0.354 e. The summed E-state index contributed by atoms with van der Waals surface area (Å²) >= 11 is 6.04. The van der Waals surface area contributed by atoms with Crippen molar-refractivity contribution in [2.24, 2.45) is 0 Å². The minimum atomic E-state index is 0.0592. The van der Waals surface area contributed by atoms with Crippen molar-refractivity contribution in [2.75, 3.05) is 11.4 Å². The summed E-state index contributed by atoms with van der Waals surface area (Å²) < 4.78 is 5.79. The summed E-state index contributed by atoms with van der Waals surface area (Å²) in [5, 5.41) is 9.33. The molecule has 3 nitrogen and oxygen atoms in total. The minimum absolute atomic E-state index is 0.0592. The first-order chi connectivity index (χ1) is 8.15. The Bertz CT molecular complexity index is 455. The van der Waals surface area contributed by atoms with Crippen molar-refractivity contribution in [1.29, 1.82) is 5.26 Å². The van der Waals surface area contributed by atoms with Crippen LogP contribution in [0.2, 0.25) is 5.02 Å². The second kappa shape index (κ2) is 4.95. The molecule has 2 rings (SSSR count). The van der Waals surface area contributed by atoms with Crippen molar-refractivity contribution in [2.45, 2.75) is 32.6 Å². The predicted octanol–water partition coefficient (Wildman–Crippen LogP) is 3.17. The zero-order chi connectivity index (χ0) is 12.4. The highest BCUT2D eigenvalue weighted by Crippen LogP contribution is 2.29. The highest BCUT2D eigenvalue weighted by molar-refractivity contribution is 6.32. The highest BCUT2D eigenvalue weighted by Gasteiger charge is 2.28. The maximum Gasteiger partial charge on any atom is 0.127 e. The number of nitriles is 1. The van der Waals surface area contributed by atoms with E-state index < -0.39 is 0 Å². The van der Waals surface area contributed by atoms with Crippen molar-refractivity contribution < 1.29 is 4.74 Å². The number of ether oxygens (including phenoxy) is 1. The van der Waals surface area contributed by atoms with E-state index in [1.54, 1.807) is 6.07 Å². The lowest BCUT2D eigenvalue weighted by atomic mass is 10.2. The maximum atomic E-state index is 8.83. The molecular formula is C13H15ClN2O. The summed E-state index contributed by atoms with van der Waals surface area (Å²) in [4.78, 5) is 2.17. The van der Waals surface area contributed by atoms with Gasteiger partial charge in [0.2, 0.25) is 0 Å². The van der Waals surface area contributed by atoms with Gasteiger partial charge in [-0.25, -0.2) is 0 Å². The Hall–Kier alpha value is -1.24. The van der Waals surface area contributed by atoms with Crippen molar-refractivity contribution in [3.05, 3.63) is 28.8 Å². The van der Waals surface area contributed by atoms with Gasteiger partial charge in [-0.15, -0.1) is 0 Å². The monoisotopic (exact) mass is 250 g/mol. The van der Waals surface area contributed by atoms with Crippen LogP contribution >= 0.6 is 11.6 Å². The zero-order valence-corrected chi connectivity index (χ0v) is 10.7. The lowest BCUT2D eigenvalue weighted by molar-refractivity contribution is 0.0576. The quantitative estimate of drug-likeness (QED) is 0.809. The molecule has 1 saturated heterocycles. The van der Waals surface area contributed by atoms with Crippen LogP contribution in [-0.4, -0.2) is 18.9 Å². The first kappa shape index (κ1) is 12.2. The second-order valence-corrected chi connectivity index (χ2v) is 4.60. The molecule has 1 aliphatic heterocycles. The van der Waals surface area contributed by atoms with Crippen LogP contribution in [-0.2, 0) is 4.74 Å². The van der Waals surface area contributed by atoms with Gasteiger partial charge in [0.25, 0.3) is 0 Å². The van der Waals surface area contributed by atoms with Gasteiger partial charge in [-0.2, -0.15) is 5.26 Å². The molecule has 0 aliphatic carbocycles. The SMILES string of the molecule is CC[C@@H]1CN(c2ccc(C#N)c(Cl)c2)[C@@H](C)O1. The zero-order valence-electron chi connectivity index (χ0n) is 9.98. The van der Waals surface area contributed by atoms with Gasteiger partial charge in [-0.3, -0.25) is 0 Å². The van der Waals surface area contributed by atoms with Crippen LogP contribution in [0.1, 0.15) is 25.8 Å². The smallest absolute Gasteiger partial charge is 0.127 e. The third-order valence-electron chi connectivity index (χ3n) is 3.09. The maximum absolute atomic E-state index is 8.83. The van der Waals surface area contributed by atoms with E-state index in [-0.39, 0.29) is 12.3 Å². The summed E-state index contributed by atoms with van der Waals surface area (Å²) in [6.07, 6.45) is 1.34. The number of hydrogen-bond donors (Lipinski definition) is 0. The molecule has 0 bridgehead atoms. The summed E-state index contributed by atoms with van der Waals surface area (Å²) in [7, 11) is 0. The summed E-state index contributed by atoms with van der Waals surface area (Å²) in [6.45, 7) is 5.02. The van der Waals surface area contributed by atoms with E-state index >= 15 is 0 Å². The van der Waals surface area contributed by atoms with E-state index in [2.05, 4.69) is 17.9 Å². The van der Waals surface area contributed by atoms with Gasteiger partial charge in [0.15, 0.2) is 0 Å². The minimum Gasteiger partial charge on any atom is -0.354 e. The van der Waals surface area contributed by atoms with Gasteiger partial charge in [0, 0.05) is 12.2 Å². The Morgan fingerprint density at radius 2 is 2.35 bits per heavy atom. The number of rotatable bonds is 2. The lowest BCUT2D eigenvalue weighted by Gasteiger charge is -2.22. The number of halogens is 1. The number of nitrogens with zero attached hydrogens (tertiary/aromatic N) is 2. The molecule has 0 radical (unpaired) electrons. The Morgan fingerprint density at radius 3 is 2.88 bits per heavy atom. The molecule has 0 N–H and O–H groups in total. The highest BCUT2D eigenvalue weighted by atomic mass is 35.5. The van der Waals surface area contributed by atoms with Crippen LogP contribution in [0, 0.1) is 11.3 Å². The molecule has 17 heavy (non-hydrogen) atoms. The fraction of sp³-hybridized carbons (Fsp3) is 0.462. The van der Waals surface area contributed by atoms with Crippen molar-refractivity contribution in [1.82, 2.24) is 0 Å². The van der Waals surface area contributed by atoms with Gasteiger partial charge in [0.05, 0.1) is 16.7 Å². The van der Waals surface area contributed by atoms with Crippen molar-refractivity contribution in [3.8, 4) is 6.07 Å². The van der Waals surface area contributed by atoms with Crippen LogP contribution in [0.15, 0.2) is 18.2 Å². The Balaban J connectivity index is 2.24. The third-order valence-corrected chi connectivity index (χ3v) is 3.40. The average Bonchev–Trinajstić information content (AvgIpc) is 2.70. The standard InChI is InChI=1S/C13H15ClN2O/c1-3-12-8-16(9(2)17-12)11-5-4-10(7-15)13(14)6-11/h4-6,9,12H,3,8H2,1-2H3/t9-,12-/m1/s1. The molecule has 90 valence electrons. The van der Waals surface area contributed by atoms with E-state index in [9.17, 15) is 0 Å². The van der Waals surface area contributed by atoms with Crippen molar-refractivity contribution in [3.63, 3.8) is 0 Å². The van der Waals surface area contributed by atoms with Crippen LogP contribution in [0.3, 0.4) is 0 Å². The van der Waals surface area contributed by atoms with Crippen LogP contribution in [0.4, 0.5) is 5.69 Å². The topological polar surface area (TPSA) is 36.3 Å². The first-order valence-electron chi connectivity index (χ1n) is 5.77. The Labute approximate surface area is 107 Å². The molecule has 0 saturated carbocycles. The summed E-state index contributed by atoms with van der Waals surface area (Å²) in [6, 6.07) is 7.57. The number of anilines is 1. The second-order valence-electron chi connectivity index (χ2n) is 4.19. The molecule has 1 aromatic carbocycles.